The fraction of sp³-hybridized carbons (Fsp3) is 0.0909. The van der Waals surface area contributed by atoms with Gasteiger partial charge in [0.05, 0.1) is 6.54 Å². The maximum absolute atomic E-state index is 6.11. The number of rotatable bonds is 7. The molecule has 1 heterocycles. The number of para-hydroxylation sites is 1. The monoisotopic (exact) mass is 356 g/mol. The molecule has 0 radical (unpaired) electrons. The van der Waals surface area contributed by atoms with Crippen molar-refractivity contribution in [3.8, 4) is 16.9 Å². The summed E-state index contributed by atoms with van der Waals surface area (Å²) in [6.45, 7) is 1.16. The van der Waals surface area contributed by atoms with E-state index in [0.29, 0.717) is 13.2 Å². The molecule has 0 aliphatic carbocycles. The molecule has 0 spiro atoms. The Kier molecular flexibility index (Phi) is 5.11. The van der Waals surface area contributed by atoms with E-state index in [1.165, 1.54) is 6.33 Å². The first kappa shape index (κ1) is 16.8. The Morgan fingerprint density at radius 3 is 2.37 bits per heavy atom. The summed E-state index contributed by atoms with van der Waals surface area (Å²) >= 11 is 0. The minimum atomic E-state index is 0.512. The zero-order valence-electron chi connectivity index (χ0n) is 14.8. The van der Waals surface area contributed by atoms with Gasteiger partial charge in [0.2, 0.25) is 0 Å². The smallest absolute Gasteiger partial charge is 0.137 e. The second kappa shape index (κ2) is 8.19. The molecule has 0 atom stereocenters. The van der Waals surface area contributed by atoms with Gasteiger partial charge in [0.25, 0.3) is 0 Å². The van der Waals surface area contributed by atoms with Gasteiger partial charge >= 0.3 is 0 Å². The van der Waals surface area contributed by atoms with Crippen molar-refractivity contribution in [2.75, 3.05) is 11.9 Å². The first-order chi connectivity index (χ1) is 13.4. The SMILES string of the molecule is c1ccc(Nc2ccc(-c3ccccc3)c(OCCn3cncn3)c2)cc1. The molecule has 0 saturated carbocycles. The fourth-order valence-corrected chi connectivity index (χ4v) is 2.86. The van der Waals surface area contributed by atoms with Crippen molar-refractivity contribution in [2.45, 2.75) is 6.54 Å². The topological polar surface area (TPSA) is 52.0 Å². The molecular formula is C22H20N4O. The Labute approximate surface area is 158 Å². The van der Waals surface area contributed by atoms with Crippen LogP contribution in [0.2, 0.25) is 0 Å². The molecule has 5 heteroatoms. The molecule has 3 aromatic carbocycles. The predicted octanol–water partition coefficient (Wildman–Crippen LogP) is 4.77. The van der Waals surface area contributed by atoms with Crippen molar-refractivity contribution in [1.29, 1.82) is 0 Å². The van der Waals surface area contributed by atoms with Crippen molar-refractivity contribution in [1.82, 2.24) is 14.8 Å². The van der Waals surface area contributed by atoms with E-state index in [1.54, 1.807) is 11.0 Å². The van der Waals surface area contributed by atoms with Crippen LogP contribution in [0.5, 0.6) is 5.75 Å². The molecule has 1 N–H and O–H groups in total. The van der Waals surface area contributed by atoms with Gasteiger partial charge in [0, 0.05) is 23.0 Å². The Hall–Kier alpha value is -3.60. The van der Waals surface area contributed by atoms with Gasteiger partial charge in [-0.15, -0.1) is 0 Å². The van der Waals surface area contributed by atoms with Crippen molar-refractivity contribution >= 4 is 11.4 Å². The number of aromatic nitrogens is 3. The lowest BCUT2D eigenvalue weighted by atomic mass is 10.0. The van der Waals surface area contributed by atoms with E-state index in [2.05, 4.69) is 39.7 Å². The summed E-state index contributed by atoms with van der Waals surface area (Å²) in [5.41, 5.74) is 4.21. The minimum Gasteiger partial charge on any atom is -0.491 e. The highest BCUT2D eigenvalue weighted by atomic mass is 16.5. The van der Waals surface area contributed by atoms with E-state index in [-0.39, 0.29) is 0 Å². The summed E-state index contributed by atoms with van der Waals surface area (Å²) in [5, 5.41) is 7.53. The molecule has 0 aliphatic rings. The molecule has 0 fully saturated rings. The number of hydrogen-bond acceptors (Lipinski definition) is 4. The molecule has 0 aliphatic heterocycles. The molecule has 27 heavy (non-hydrogen) atoms. The number of nitrogens with one attached hydrogen (secondary N) is 1. The maximum Gasteiger partial charge on any atom is 0.137 e. The highest BCUT2D eigenvalue weighted by Gasteiger charge is 2.08. The third-order valence-corrected chi connectivity index (χ3v) is 4.17. The number of anilines is 2. The summed E-state index contributed by atoms with van der Waals surface area (Å²) in [6.07, 6.45) is 3.22. The summed E-state index contributed by atoms with van der Waals surface area (Å²) < 4.78 is 7.87. The van der Waals surface area contributed by atoms with Crippen LogP contribution < -0.4 is 10.1 Å². The summed E-state index contributed by atoms with van der Waals surface area (Å²) in [4.78, 5) is 3.96. The van der Waals surface area contributed by atoms with Gasteiger partial charge in [-0.3, -0.25) is 0 Å². The fourth-order valence-electron chi connectivity index (χ4n) is 2.86. The van der Waals surface area contributed by atoms with Gasteiger partial charge in [-0.05, 0) is 29.8 Å². The molecule has 134 valence electrons. The minimum absolute atomic E-state index is 0.512. The summed E-state index contributed by atoms with van der Waals surface area (Å²) in [7, 11) is 0. The third-order valence-electron chi connectivity index (χ3n) is 4.17. The van der Waals surface area contributed by atoms with Crippen LogP contribution >= 0.6 is 0 Å². The number of nitrogens with zero attached hydrogens (tertiary/aromatic N) is 3. The van der Waals surface area contributed by atoms with E-state index < -0.39 is 0 Å². The zero-order valence-corrected chi connectivity index (χ0v) is 14.8. The van der Waals surface area contributed by atoms with E-state index in [4.69, 9.17) is 4.74 Å². The van der Waals surface area contributed by atoms with Gasteiger partial charge in [-0.2, -0.15) is 5.10 Å². The number of ether oxygens (including phenoxy) is 1. The maximum atomic E-state index is 6.11. The second-order valence-electron chi connectivity index (χ2n) is 6.08. The van der Waals surface area contributed by atoms with E-state index in [1.807, 2.05) is 54.6 Å². The van der Waals surface area contributed by atoms with Crippen molar-refractivity contribution in [3.63, 3.8) is 0 Å². The highest BCUT2D eigenvalue weighted by molar-refractivity contribution is 5.75. The Bertz CT molecular complexity index is 970. The van der Waals surface area contributed by atoms with E-state index in [0.717, 1.165) is 28.3 Å². The van der Waals surface area contributed by atoms with Crippen LogP contribution in [0.3, 0.4) is 0 Å². The average molecular weight is 356 g/mol. The normalized spacial score (nSPS) is 10.5. The Balaban J connectivity index is 1.58. The Morgan fingerprint density at radius 1 is 0.852 bits per heavy atom. The number of benzene rings is 3. The highest BCUT2D eigenvalue weighted by Crippen LogP contribution is 2.33. The van der Waals surface area contributed by atoms with Crippen LogP contribution in [-0.4, -0.2) is 21.4 Å². The lowest BCUT2D eigenvalue weighted by Crippen LogP contribution is -2.09. The molecule has 0 bridgehead atoms. The lowest BCUT2D eigenvalue weighted by Gasteiger charge is -2.15. The van der Waals surface area contributed by atoms with Crippen LogP contribution in [0.1, 0.15) is 0 Å². The lowest BCUT2D eigenvalue weighted by molar-refractivity contribution is 0.292. The third kappa shape index (κ3) is 4.33. The van der Waals surface area contributed by atoms with E-state index in [9.17, 15) is 0 Å². The van der Waals surface area contributed by atoms with Gasteiger partial charge in [0.1, 0.15) is 25.0 Å². The summed E-state index contributed by atoms with van der Waals surface area (Å²) in [5.74, 6) is 0.835. The molecular weight excluding hydrogens is 336 g/mol. The molecule has 0 saturated heterocycles. The molecule has 4 rings (SSSR count). The zero-order chi connectivity index (χ0) is 18.3. The molecule has 4 aromatic rings. The van der Waals surface area contributed by atoms with E-state index >= 15 is 0 Å². The Morgan fingerprint density at radius 2 is 1.63 bits per heavy atom. The standard InChI is InChI=1S/C22H20N4O/c1-3-7-18(8-4-1)21-12-11-20(25-19-9-5-2-6-10-19)15-22(21)27-14-13-26-17-23-16-24-26/h1-12,15-17,25H,13-14H2. The predicted molar refractivity (Wildman–Crippen MR) is 107 cm³/mol. The van der Waals surface area contributed by atoms with Crippen LogP contribution in [0.15, 0.2) is 91.5 Å². The first-order valence-corrected chi connectivity index (χ1v) is 8.85. The molecule has 0 amide bonds. The van der Waals surface area contributed by atoms with Gasteiger partial charge in [0.15, 0.2) is 0 Å². The van der Waals surface area contributed by atoms with Crippen LogP contribution in [0, 0.1) is 0 Å². The van der Waals surface area contributed by atoms with Gasteiger partial charge in [-0.25, -0.2) is 9.67 Å². The molecule has 5 nitrogen and oxygen atoms in total. The van der Waals surface area contributed by atoms with Crippen LogP contribution in [-0.2, 0) is 6.54 Å². The summed E-state index contributed by atoms with van der Waals surface area (Å²) in [6, 6.07) is 26.5. The van der Waals surface area contributed by atoms with Crippen LogP contribution in [0.4, 0.5) is 11.4 Å². The average Bonchev–Trinajstić information content (AvgIpc) is 3.23. The van der Waals surface area contributed by atoms with Crippen molar-refractivity contribution in [3.05, 3.63) is 91.5 Å². The van der Waals surface area contributed by atoms with Crippen molar-refractivity contribution in [2.24, 2.45) is 0 Å². The largest absolute Gasteiger partial charge is 0.491 e. The van der Waals surface area contributed by atoms with Gasteiger partial charge in [-0.1, -0.05) is 48.5 Å². The van der Waals surface area contributed by atoms with Crippen molar-refractivity contribution < 1.29 is 4.74 Å². The van der Waals surface area contributed by atoms with Crippen LogP contribution in [0.25, 0.3) is 11.1 Å². The molecule has 0 unspecified atom stereocenters. The molecule has 1 aromatic heterocycles. The first-order valence-electron chi connectivity index (χ1n) is 8.85. The van der Waals surface area contributed by atoms with Gasteiger partial charge < -0.3 is 10.1 Å². The number of hydrogen-bond donors (Lipinski definition) is 1. The second-order valence-corrected chi connectivity index (χ2v) is 6.08. The quantitative estimate of drug-likeness (QED) is 0.518.